The minimum Gasteiger partial charge on any atom is -0.310 e. The number of hydrogen-bond donors (Lipinski definition) is 2. The van der Waals surface area contributed by atoms with Crippen molar-refractivity contribution in [3.63, 3.8) is 0 Å². The van der Waals surface area contributed by atoms with E-state index in [-0.39, 0.29) is 5.56 Å². The molecule has 0 unspecified atom stereocenters. The Morgan fingerprint density at radius 1 is 1.17 bits per heavy atom. The highest BCUT2D eigenvalue weighted by atomic mass is 32.2. The van der Waals surface area contributed by atoms with Gasteiger partial charge in [0.25, 0.3) is 5.56 Å². The Labute approximate surface area is 137 Å². The van der Waals surface area contributed by atoms with E-state index in [0.29, 0.717) is 28.3 Å². The molecule has 0 aliphatic carbocycles. The summed E-state index contributed by atoms with van der Waals surface area (Å²) in [7, 11) is 0. The molecule has 0 saturated carbocycles. The van der Waals surface area contributed by atoms with Crippen molar-refractivity contribution in [2.24, 2.45) is 0 Å². The smallest absolute Gasteiger partial charge is 0.251 e. The first-order valence-electron chi connectivity index (χ1n) is 7.04. The van der Waals surface area contributed by atoms with Crippen LogP contribution in [0, 0.1) is 6.92 Å². The Morgan fingerprint density at radius 3 is 2.78 bits per heavy atom. The zero-order valence-electron chi connectivity index (χ0n) is 12.5. The van der Waals surface area contributed by atoms with Crippen LogP contribution in [0.3, 0.4) is 0 Å². The molecule has 3 aromatic rings. The molecule has 1 aromatic carbocycles. The molecule has 0 radical (unpaired) electrons. The van der Waals surface area contributed by atoms with Gasteiger partial charge in [0.2, 0.25) is 5.16 Å². The molecule has 0 bridgehead atoms. The van der Waals surface area contributed by atoms with Gasteiger partial charge in [0.05, 0.1) is 5.75 Å². The van der Waals surface area contributed by atoms with E-state index in [1.54, 1.807) is 6.92 Å². The van der Waals surface area contributed by atoms with Crippen LogP contribution < -0.4 is 5.56 Å². The average molecular weight is 325 g/mol. The predicted molar refractivity (Wildman–Crippen MR) is 90.9 cm³/mol. The summed E-state index contributed by atoms with van der Waals surface area (Å²) < 4.78 is 0. The third kappa shape index (κ3) is 4.40. The van der Waals surface area contributed by atoms with Gasteiger partial charge in [-0.3, -0.25) is 9.89 Å². The molecule has 0 aliphatic heterocycles. The summed E-state index contributed by atoms with van der Waals surface area (Å²) in [5, 5.41) is 7.63. The molecule has 3 rings (SSSR count). The number of aromatic nitrogens is 5. The van der Waals surface area contributed by atoms with E-state index in [1.165, 1.54) is 17.8 Å². The van der Waals surface area contributed by atoms with Crippen molar-refractivity contribution in [1.82, 2.24) is 25.1 Å². The first-order chi connectivity index (χ1) is 11.2. The molecular formula is C16H15N5OS. The fourth-order valence-electron chi connectivity index (χ4n) is 1.98. The fraction of sp³-hybridized carbons (Fsp3) is 0.125. The third-order valence-electron chi connectivity index (χ3n) is 2.97. The number of aromatic amines is 2. The van der Waals surface area contributed by atoms with Gasteiger partial charge in [-0.25, -0.2) is 9.97 Å². The van der Waals surface area contributed by atoms with Crippen molar-refractivity contribution in [2.45, 2.75) is 17.8 Å². The fourth-order valence-corrected chi connectivity index (χ4v) is 2.65. The first kappa shape index (κ1) is 15.2. The molecule has 0 saturated heterocycles. The van der Waals surface area contributed by atoms with Crippen LogP contribution in [0.5, 0.6) is 0 Å². The second-order valence-corrected chi connectivity index (χ2v) is 5.81. The van der Waals surface area contributed by atoms with Gasteiger partial charge in [-0.1, -0.05) is 48.2 Å². The second kappa shape index (κ2) is 7.06. The van der Waals surface area contributed by atoms with Gasteiger partial charge >= 0.3 is 0 Å². The minimum atomic E-state index is -0.144. The van der Waals surface area contributed by atoms with Gasteiger partial charge in [-0.05, 0) is 18.6 Å². The molecule has 2 aromatic heterocycles. The lowest BCUT2D eigenvalue weighted by molar-refractivity contribution is 0.948. The van der Waals surface area contributed by atoms with Crippen LogP contribution in [0.2, 0.25) is 0 Å². The molecule has 7 heteroatoms. The van der Waals surface area contributed by atoms with E-state index in [2.05, 4.69) is 25.1 Å². The first-order valence-corrected chi connectivity index (χ1v) is 8.03. The summed E-state index contributed by atoms with van der Waals surface area (Å²) in [6.45, 7) is 1.79. The summed E-state index contributed by atoms with van der Waals surface area (Å²) >= 11 is 1.41. The Hall–Kier alpha value is -2.67. The maximum atomic E-state index is 11.4. The molecule has 0 aliphatic rings. The zero-order chi connectivity index (χ0) is 16.1. The van der Waals surface area contributed by atoms with Crippen molar-refractivity contribution in [3.8, 4) is 0 Å². The van der Waals surface area contributed by atoms with Gasteiger partial charge < -0.3 is 4.98 Å². The van der Waals surface area contributed by atoms with Crippen LogP contribution in [-0.2, 0) is 5.75 Å². The van der Waals surface area contributed by atoms with E-state index in [4.69, 9.17) is 0 Å². The monoisotopic (exact) mass is 325 g/mol. The average Bonchev–Trinajstić information content (AvgIpc) is 2.99. The number of nitrogens with one attached hydrogen (secondary N) is 2. The number of hydrogen-bond acceptors (Lipinski definition) is 5. The normalized spacial score (nSPS) is 11.2. The molecule has 0 spiro atoms. The summed E-state index contributed by atoms with van der Waals surface area (Å²) in [5.41, 5.74) is 1.65. The van der Waals surface area contributed by atoms with E-state index in [9.17, 15) is 4.79 Å². The number of rotatable bonds is 5. The quantitative estimate of drug-likeness (QED) is 0.704. The van der Waals surface area contributed by atoms with E-state index in [0.717, 1.165) is 5.56 Å². The number of thioether (sulfide) groups is 1. The van der Waals surface area contributed by atoms with Gasteiger partial charge in [0, 0.05) is 11.8 Å². The van der Waals surface area contributed by atoms with Crippen molar-refractivity contribution < 1.29 is 0 Å². The van der Waals surface area contributed by atoms with Gasteiger partial charge in [0.1, 0.15) is 11.6 Å². The standard InChI is InChI=1S/C16H15N5OS/c1-11-9-15(22)18-14(17-11)10-23-16-19-13(20-21-16)8-7-12-5-3-2-4-6-12/h2-9H,10H2,1H3,(H,17,18,22)(H,19,20,21). The topological polar surface area (TPSA) is 87.3 Å². The molecule has 0 fully saturated rings. The second-order valence-electron chi connectivity index (χ2n) is 4.87. The van der Waals surface area contributed by atoms with Crippen molar-refractivity contribution >= 4 is 23.9 Å². The molecule has 116 valence electrons. The largest absolute Gasteiger partial charge is 0.310 e. The van der Waals surface area contributed by atoms with Crippen LogP contribution in [0.25, 0.3) is 12.2 Å². The van der Waals surface area contributed by atoms with Crippen molar-refractivity contribution in [3.05, 3.63) is 69.7 Å². The molecule has 6 nitrogen and oxygen atoms in total. The highest BCUT2D eigenvalue weighted by Crippen LogP contribution is 2.17. The molecular weight excluding hydrogens is 310 g/mol. The zero-order valence-corrected chi connectivity index (χ0v) is 13.3. The minimum absolute atomic E-state index is 0.144. The maximum Gasteiger partial charge on any atom is 0.251 e. The van der Waals surface area contributed by atoms with Gasteiger partial charge in [0.15, 0.2) is 0 Å². The summed E-state index contributed by atoms with van der Waals surface area (Å²) in [6, 6.07) is 11.4. The number of aryl methyl sites for hydroxylation is 1. The van der Waals surface area contributed by atoms with E-state index >= 15 is 0 Å². The summed E-state index contributed by atoms with van der Waals surface area (Å²) in [6.07, 6.45) is 3.84. The molecule has 0 atom stereocenters. The maximum absolute atomic E-state index is 11.4. The van der Waals surface area contributed by atoms with Crippen LogP contribution in [0.1, 0.15) is 22.9 Å². The van der Waals surface area contributed by atoms with Crippen LogP contribution >= 0.6 is 11.8 Å². The molecule has 23 heavy (non-hydrogen) atoms. The molecule has 2 heterocycles. The van der Waals surface area contributed by atoms with Gasteiger partial charge in [-0.15, -0.1) is 5.10 Å². The van der Waals surface area contributed by atoms with Gasteiger partial charge in [-0.2, -0.15) is 0 Å². The van der Waals surface area contributed by atoms with Crippen molar-refractivity contribution in [1.29, 1.82) is 0 Å². The molecule has 0 amide bonds. The lowest BCUT2D eigenvalue weighted by Gasteiger charge is -1.98. The Kier molecular flexibility index (Phi) is 4.68. The summed E-state index contributed by atoms with van der Waals surface area (Å²) in [4.78, 5) is 22.8. The third-order valence-corrected chi connectivity index (χ3v) is 3.83. The van der Waals surface area contributed by atoms with E-state index < -0.39 is 0 Å². The Bertz CT molecular complexity index is 869. The van der Waals surface area contributed by atoms with E-state index in [1.807, 2.05) is 42.5 Å². The van der Waals surface area contributed by atoms with Crippen molar-refractivity contribution in [2.75, 3.05) is 0 Å². The van der Waals surface area contributed by atoms with Crippen LogP contribution in [0.4, 0.5) is 0 Å². The number of nitrogens with zero attached hydrogens (tertiary/aromatic N) is 3. The summed E-state index contributed by atoms with van der Waals surface area (Å²) in [5.74, 6) is 1.81. The lowest BCUT2D eigenvalue weighted by atomic mass is 10.2. The highest BCUT2D eigenvalue weighted by molar-refractivity contribution is 7.98. The predicted octanol–water partition coefficient (Wildman–Crippen LogP) is 2.66. The highest BCUT2D eigenvalue weighted by Gasteiger charge is 2.04. The molecule has 2 N–H and O–H groups in total. The SMILES string of the molecule is Cc1cc(=O)[nH]c(CSc2n[nH]c(C=Cc3ccccc3)n2)n1. The van der Waals surface area contributed by atoms with Crippen LogP contribution in [0.15, 0.2) is 46.3 Å². The van der Waals surface area contributed by atoms with Crippen LogP contribution in [-0.4, -0.2) is 25.1 Å². The number of benzene rings is 1. The lowest BCUT2D eigenvalue weighted by Crippen LogP contribution is -2.10. The Morgan fingerprint density at radius 2 is 2.00 bits per heavy atom. The number of H-pyrrole nitrogens is 2. The Balaban J connectivity index is 1.63.